The molecule has 0 aromatic heterocycles. The molecule has 1 unspecified atom stereocenters. The number of ether oxygens (including phenoxy) is 1. The number of para-hydroxylation sites is 1. The highest BCUT2D eigenvalue weighted by molar-refractivity contribution is 7.73. The maximum Gasteiger partial charge on any atom is 0.351 e. The number of esters is 1. The van der Waals surface area contributed by atoms with Crippen molar-refractivity contribution in [1.29, 1.82) is 0 Å². The van der Waals surface area contributed by atoms with Crippen molar-refractivity contribution in [3.63, 3.8) is 0 Å². The summed E-state index contributed by atoms with van der Waals surface area (Å²) < 4.78 is 39.5. The average molecular weight is 228 g/mol. The Labute approximate surface area is 85.8 Å². The number of carbonyl (C=O) groups excluding carboxylic acids is 1. The summed E-state index contributed by atoms with van der Waals surface area (Å²) in [4.78, 5) is 10.4. The lowest BCUT2D eigenvalue weighted by molar-refractivity contribution is -0.137. The van der Waals surface area contributed by atoms with Crippen LogP contribution in [0.3, 0.4) is 0 Å². The summed E-state index contributed by atoms with van der Waals surface area (Å²) in [6, 6.07) is 5.90. The smallest absolute Gasteiger partial charge is 0.351 e. The molecule has 1 atom stereocenters. The topological polar surface area (TPSA) is 60.4 Å². The second kappa shape index (κ2) is 3.47. The predicted molar refractivity (Wildman–Crippen MR) is 50.0 cm³/mol. The van der Waals surface area contributed by atoms with E-state index in [2.05, 4.69) is 4.74 Å². The second-order valence-corrected chi connectivity index (χ2v) is 3.79. The molecule has 0 spiro atoms. The van der Waals surface area contributed by atoms with Crippen LogP contribution in [-0.2, 0) is 15.1 Å². The molecule has 0 saturated carbocycles. The minimum atomic E-state index is -2.77. The van der Waals surface area contributed by atoms with Gasteiger partial charge in [-0.2, -0.15) is 8.42 Å². The highest BCUT2D eigenvalue weighted by Gasteiger charge is 2.35. The van der Waals surface area contributed by atoms with E-state index in [1.165, 1.54) is 18.2 Å². The summed E-state index contributed by atoms with van der Waals surface area (Å²) in [7, 11) is -2.77. The van der Waals surface area contributed by atoms with E-state index in [0.717, 1.165) is 0 Å². The van der Waals surface area contributed by atoms with Gasteiger partial charge in [0.1, 0.15) is 10.6 Å². The van der Waals surface area contributed by atoms with Crippen LogP contribution in [0.1, 0.15) is 5.56 Å². The van der Waals surface area contributed by atoms with Gasteiger partial charge in [-0.25, -0.2) is 9.18 Å². The van der Waals surface area contributed by atoms with E-state index in [-0.39, 0.29) is 11.3 Å². The molecule has 2 rings (SSSR count). The van der Waals surface area contributed by atoms with Gasteiger partial charge in [0, 0.05) is 5.56 Å². The van der Waals surface area contributed by atoms with Crippen LogP contribution in [0.5, 0.6) is 5.75 Å². The van der Waals surface area contributed by atoms with Gasteiger partial charge in [-0.15, -0.1) is 0 Å². The molecule has 1 aliphatic rings. The Hall–Kier alpha value is -1.69. The average Bonchev–Trinajstić information content (AvgIpc) is 2.19. The molecule has 6 heteroatoms. The summed E-state index contributed by atoms with van der Waals surface area (Å²) in [6.07, 6.45) is -2.24. The van der Waals surface area contributed by atoms with E-state index in [1.807, 2.05) is 0 Å². The van der Waals surface area contributed by atoms with Gasteiger partial charge in [-0.1, -0.05) is 12.1 Å². The lowest BCUT2D eigenvalue weighted by Gasteiger charge is -2.18. The number of fused-ring (bicyclic) bond motifs is 1. The van der Waals surface area contributed by atoms with Crippen molar-refractivity contribution < 1.29 is 22.3 Å². The minimum absolute atomic E-state index is 0.0654. The lowest BCUT2D eigenvalue weighted by atomic mass is 10.1. The number of hydrogen-bond acceptors (Lipinski definition) is 4. The number of halogens is 1. The molecular weight excluding hydrogens is 223 g/mol. The summed E-state index contributed by atoms with van der Waals surface area (Å²) in [5.41, 5.74) is 0.0953. The largest absolute Gasteiger partial charge is 0.423 e. The van der Waals surface area contributed by atoms with Gasteiger partial charge in [0.05, 0.1) is 0 Å². The van der Waals surface area contributed by atoms with Gasteiger partial charge in [0.2, 0.25) is 16.5 Å². The third-order valence-electron chi connectivity index (χ3n) is 1.98. The molecule has 1 aliphatic heterocycles. The molecule has 1 aromatic rings. The monoisotopic (exact) mass is 228 g/mol. The molecule has 0 N–H and O–H groups in total. The molecule has 4 nitrogen and oxygen atoms in total. The maximum atomic E-state index is 13.3. The van der Waals surface area contributed by atoms with Crippen molar-refractivity contribution >= 4 is 21.1 Å². The van der Waals surface area contributed by atoms with E-state index in [9.17, 15) is 17.6 Å². The fourth-order valence-corrected chi connectivity index (χ4v) is 1.95. The van der Waals surface area contributed by atoms with Crippen LogP contribution < -0.4 is 4.74 Å². The van der Waals surface area contributed by atoms with Crippen molar-refractivity contribution in [2.24, 2.45) is 0 Å². The number of rotatable bonds is 0. The van der Waals surface area contributed by atoms with Crippen LogP contribution >= 0.6 is 0 Å². The number of carbonyl (C=O) groups is 1. The van der Waals surface area contributed by atoms with Crippen molar-refractivity contribution in [3.05, 3.63) is 29.8 Å². The van der Waals surface area contributed by atoms with E-state index >= 15 is 0 Å². The minimum Gasteiger partial charge on any atom is -0.423 e. The summed E-state index contributed by atoms with van der Waals surface area (Å²) in [6.45, 7) is 0. The molecule has 78 valence electrons. The first-order chi connectivity index (χ1) is 7.11. The Kier molecular flexibility index (Phi) is 2.28. The maximum absolute atomic E-state index is 13.3. The normalized spacial score (nSPS) is 19.4. The van der Waals surface area contributed by atoms with Crippen molar-refractivity contribution in [2.75, 3.05) is 0 Å². The molecule has 0 saturated heterocycles. The highest BCUT2D eigenvalue weighted by atomic mass is 32.2. The first-order valence-electron chi connectivity index (χ1n) is 4.02. The van der Waals surface area contributed by atoms with E-state index < -0.39 is 27.3 Å². The van der Waals surface area contributed by atoms with Crippen LogP contribution in [0.15, 0.2) is 24.3 Å². The highest BCUT2D eigenvalue weighted by Crippen LogP contribution is 2.26. The summed E-state index contributed by atoms with van der Waals surface area (Å²) in [5.74, 6) is -1.14. The van der Waals surface area contributed by atoms with Gasteiger partial charge in [0.15, 0.2) is 0 Å². The Balaban J connectivity index is 2.77. The first kappa shape index (κ1) is 9.85. The van der Waals surface area contributed by atoms with Gasteiger partial charge in [0.25, 0.3) is 0 Å². The third-order valence-corrected chi connectivity index (χ3v) is 2.77. The quantitative estimate of drug-likeness (QED) is 0.365. The number of hydrogen-bond donors (Lipinski definition) is 0. The Morgan fingerprint density at radius 1 is 1.27 bits per heavy atom. The van der Waals surface area contributed by atoms with Crippen LogP contribution in [0, 0.1) is 0 Å². The second-order valence-electron chi connectivity index (χ2n) is 2.88. The van der Waals surface area contributed by atoms with Crippen LogP contribution in [-0.4, -0.2) is 25.4 Å². The fourth-order valence-electron chi connectivity index (χ4n) is 1.34. The predicted octanol–water partition coefficient (Wildman–Crippen LogP) is 0.343. The molecule has 0 radical (unpaired) electrons. The first-order valence-corrected chi connectivity index (χ1v) is 5.10. The lowest BCUT2D eigenvalue weighted by Crippen LogP contribution is -2.36. The van der Waals surface area contributed by atoms with Crippen molar-refractivity contribution in [3.8, 4) is 5.75 Å². The van der Waals surface area contributed by atoms with Gasteiger partial charge in [-0.05, 0) is 12.1 Å². The van der Waals surface area contributed by atoms with Crippen molar-refractivity contribution in [2.45, 2.75) is 6.17 Å². The molecule has 0 aliphatic carbocycles. The van der Waals surface area contributed by atoms with Crippen LogP contribution in [0.25, 0.3) is 0 Å². The SMILES string of the molecule is O=C1Oc2ccccc2C(=S(=O)=O)C1F. The zero-order valence-electron chi connectivity index (χ0n) is 7.31. The molecule has 0 bridgehead atoms. The fraction of sp³-hybridized carbons (Fsp3) is 0.111. The molecular formula is C9H5FO4S. The van der Waals surface area contributed by atoms with Crippen molar-refractivity contribution in [1.82, 2.24) is 0 Å². The Morgan fingerprint density at radius 3 is 2.60 bits per heavy atom. The van der Waals surface area contributed by atoms with Gasteiger partial charge in [-0.3, -0.25) is 0 Å². The number of benzene rings is 1. The molecule has 1 heterocycles. The molecule has 0 fully saturated rings. The molecule has 1 aromatic carbocycles. The summed E-state index contributed by atoms with van der Waals surface area (Å²) in [5, 5.41) is 0. The van der Waals surface area contributed by atoms with E-state index in [0.29, 0.717) is 0 Å². The zero-order valence-corrected chi connectivity index (χ0v) is 8.12. The van der Waals surface area contributed by atoms with E-state index in [1.54, 1.807) is 6.07 Å². The summed E-state index contributed by atoms with van der Waals surface area (Å²) >= 11 is 0. The van der Waals surface area contributed by atoms with Crippen LogP contribution in [0.4, 0.5) is 4.39 Å². The zero-order chi connectivity index (χ0) is 11.0. The van der Waals surface area contributed by atoms with E-state index in [4.69, 9.17) is 0 Å². The Morgan fingerprint density at radius 2 is 1.93 bits per heavy atom. The molecule has 15 heavy (non-hydrogen) atoms. The standard InChI is InChI=1S/C9H5FO4S/c10-7-8(15(12)13)5-3-1-2-4-6(5)14-9(7)11/h1-4,7H. The third kappa shape index (κ3) is 1.52. The molecule has 0 amide bonds. The van der Waals surface area contributed by atoms with Crippen LogP contribution in [0.2, 0.25) is 0 Å². The number of alkyl halides is 1. The van der Waals surface area contributed by atoms with Gasteiger partial charge < -0.3 is 4.74 Å². The van der Waals surface area contributed by atoms with Gasteiger partial charge >= 0.3 is 5.97 Å². The Bertz CT molecular complexity index is 553.